The first kappa shape index (κ1) is 12.8. The van der Waals surface area contributed by atoms with E-state index in [2.05, 4.69) is 9.85 Å². The molecule has 1 aromatic rings. The van der Waals surface area contributed by atoms with E-state index in [4.69, 9.17) is 5.53 Å². The molecule has 0 radical (unpaired) electrons. The molecule has 1 unspecified atom stereocenters. The van der Waals surface area contributed by atoms with Crippen molar-refractivity contribution < 1.29 is 14.3 Å². The second-order valence-corrected chi connectivity index (χ2v) is 3.27. The standard InChI is InChI=1S/C11H12N3O3/c1-14(8-6-4-3-5-7-8)10(15)9(13-12)11(16)17-2/h3-7,9H,1-2H3/q-1. The Morgan fingerprint density at radius 1 is 1.35 bits per heavy atom. The highest BCUT2D eigenvalue weighted by molar-refractivity contribution is 6.09. The number of carbonyl (C=O) groups is 2. The number of amides is 1. The van der Waals surface area contributed by atoms with Crippen molar-refractivity contribution in [3.05, 3.63) is 35.9 Å². The maximum Gasteiger partial charge on any atom is 0.338 e. The van der Waals surface area contributed by atoms with Gasteiger partial charge in [-0.15, -0.1) is 0 Å². The molecule has 0 bridgehead atoms. The van der Waals surface area contributed by atoms with Gasteiger partial charge in [0.2, 0.25) is 6.04 Å². The van der Waals surface area contributed by atoms with Crippen molar-refractivity contribution in [1.29, 1.82) is 0 Å². The van der Waals surface area contributed by atoms with Gasteiger partial charge in [0.05, 0.1) is 7.11 Å². The Balaban J connectivity index is 2.89. The van der Waals surface area contributed by atoms with Gasteiger partial charge in [-0.3, -0.25) is 4.79 Å². The highest BCUT2D eigenvalue weighted by atomic mass is 16.5. The van der Waals surface area contributed by atoms with Crippen LogP contribution in [0.5, 0.6) is 0 Å². The molecule has 1 rings (SSSR count). The molecule has 0 aliphatic rings. The number of methoxy groups -OCH3 is 1. The monoisotopic (exact) mass is 234 g/mol. The number of carbonyl (C=O) groups excluding carboxylic acids is 2. The van der Waals surface area contributed by atoms with Crippen LogP contribution in [0.25, 0.3) is 5.53 Å². The van der Waals surface area contributed by atoms with Gasteiger partial charge in [0.1, 0.15) is 0 Å². The number of nitrogens with zero attached hydrogens (tertiary/aromatic N) is 3. The summed E-state index contributed by atoms with van der Waals surface area (Å²) in [6.45, 7) is 0. The van der Waals surface area contributed by atoms with Crippen LogP contribution in [0.15, 0.2) is 35.4 Å². The van der Waals surface area contributed by atoms with E-state index in [0.717, 1.165) is 7.11 Å². The van der Waals surface area contributed by atoms with Crippen molar-refractivity contribution in [3.8, 4) is 0 Å². The molecule has 0 saturated carbocycles. The summed E-state index contributed by atoms with van der Waals surface area (Å²) < 4.78 is 4.37. The Morgan fingerprint density at radius 2 is 1.94 bits per heavy atom. The third-order valence-corrected chi connectivity index (χ3v) is 2.25. The summed E-state index contributed by atoms with van der Waals surface area (Å²) >= 11 is 0. The van der Waals surface area contributed by atoms with Crippen molar-refractivity contribution in [1.82, 2.24) is 0 Å². The van der Waals surface area contributed by atoms with E-state index in [1.165, 1.54) is 11.9 Å². The molecule has 0 fully saturated rings. The number of ether oxygens (including phenoxy) is 1. The Labute approximate surface area is 98.7 Å². The number of anilines is 1. The molecule has 0 aliphatic carbocycles. The fourth-order valence-electron chi connectivity index (χ4n) is 1.27. The largest absolute Gasteiger partial charge is 0.711 e. The molecule has 0 aliphatic heterocycles. The van der Waals surface area contributed by atoms with Crippen molar-refractivity contribution in [2.75, 3.05) is 19.1 Å². The fraction of sp³-hybridized carbons (Fsp3) is 0.273. The van der Waals surface area contributed by atoms with Gasteiger partial charge >= 0.3 is 5.97 Å². The van der Waals surface area contributed by atoms with Gasteiger partial charge in [-0.2, -0.15) is 0 Å². The molecule has 0 heterocycles. The maximum atomic E-state index is 11.8. The van der Waals surface area contributed by atoms with E-state index in [9.17, 15) is 9.59 Å². The maximum absolute atomic E-state index is 11.8. The van der Waals surface area contributed by atoms with Crippen molar-refractivity contribution >= 4 is 17.6 Å². The molecule has 90 valence electrons. The molecule has 1 amide bonds. The van der Waals surface area contributed by atoms with Crippen LogP contribution in [0.1, 0.15) is 0 Å². The summed E-state index contributed by atoms with van der Waals surface area (Å²) in [5.41, 5.74) is 9.26. The van der Waals surface area contributed by atoms with E-state index in [-0.39, 0.29) is 0 Å². The topological polar surface area (TPSA) is 81.3 Å². The summed E-state index contributed by atoms with van der Waals surface area (Å²) in [5.74, 6) is -1.56. The van der Waals surface area contributed by atoms with Gasteiger partial charge in [0.15, 0.2) is 0 Å². The number of esters is 1. The molecule has 6 nitrogen and oxygen atoms in total. The Morgan fingerprint density at radius 3 is 2.41 bits per heavy atom. The van der Waals surface area contributed by atoms with E-state index < -0.39 is 17.9 Å². The minimum absolute atomic E-state index is 0.593. The highest BCUT2D eigenvalue weighted by Gasteiger charge is 2.27. The van der Waals surface area contributed by atoms with Crippen LogP contribution in [-0.2, 0) is 14.3 Å². The van der Waals surface area contributed by atoms with Gasteiger partial charge in [-0.1, -0.05) is 18.2 Å². The van der Waals surface area contributed by atoms with Crippen LogP contribution in [-0.4, -0.2) is 32.1 Å². The molecule has 17 heavy (non-hydrogen) atoms. The van der Waals surface area contributed by atoms with Gasteiger partial charge < -0.3 is 20.3 Å². The van der Waals surface area contributed by atoms with E-state index in [0.29, 0.717) is 5.69 Å². The molecular weight excluding hydrogens is 222 g/mol. The Hall–Kier alpha value is -2.24. The number of likely N-dealkylation sites (N-methyl/N-ethyl adjacent to an activating group) is 1. The van der Waals surface area contributed by atoms with Crippen LogP contribution in [0.3, 0.4) is 0 Å². The number of hydrogen-bond acceptors (Lipinski definition) is 4. The van der Waals surface area contributed by atoms with Crippen molar-refractivity contribution in [3.63, 3.8) is 0 Å². The molecule has 0 spiro atoms. The smallest absolute Gasteiger partial charge is 0.338 e. The lowest BCUT2D eigenvalue weighted by Crippen LogP contribution is -2.40. The molecular formula is C11H12N3O3-. The molecule has 1 atom stereocenters. The zero-order chi connectivity index (χ0) is 12.8. The molecule has 0 aromatic heterocycles. The highest BCUT2D eigenvalue weighted by Crippen LogP contribution is 2.13. The molecule has 1 aromatic carbocycles. The first-order valence-electron chi connectivity index (χ1n) is 4.86. The lowest BCUT2D eigenvalue weighted by atomic mass is 10.2. The lowest BCUT2D eigenvalue weighted by Gasteiger charge is -2.21. The number of para-hydroxylation sites is 1. The van der Waals surface area contributed by atoms with Crippen LogP contribution in [0.2, 0.25) is 0 Å². The fourth-order valence-corrected chi connectivity index (χ4v) is 1.27. The minimum Gasteiger partial charge on any atom is -0.711 e. The SMILES string of the molecule is COC(=O)C(N=[N-])C(=O)N(C)c1ccccc1. The number of hydrogen-bond donors (Lipinski definition) is 0. The summed E-state index contributed by atoms with van der Waals surface area (Å²) in [5, 5.41) is 2.74. The van der Waals surface area contributed by atoms with Crippen molar-refractivity contribution in [2.45, 2.75) is 6.04 Å². The first-order valence-corrected chi connectivity index (χ1v) is 4.86. The summed E-state index contributed by atoms with van der Waals surface area (Å²) in [6, 6.07) is 7.15. The quantitative estimate of drug-likeness (QED) is 0.446. The average Bonchev–Trinajstić information content (AvgIpc) is 2.39. The second kappa shape index (κ2) is 5.74. The Bertz CT molecular complexity index is 419. The summed E-state index contributed by atoms with van der Waals surface area (Å²) in [7, 11) is 2.61. The van der Waals surface area contributed by atoms with Gasteiger partial charge in [-0.25, -0.2) is 4.79 Å². The predicted octanol–water partition coefficient (Wildman–Crippen LogP) is 1.21. The second-order valence-electron chi connectivity index (χ2n) is 3.27. The van der Waals surface area contributed by atoms with Crippen LogP contribution in [0, 0.1) is 0 Å². The van der Waals surface area contributed by atoms with Gasteiger partial charge in [-0.05, 0) is 12.1 Å². The molecule has 6 heteroatoms. The normalized spacial score (nSPS) is 11.4. The first-order chi connectivity index (χ1) is 8.11. The Kier molecular flexibility index (Phi) is 4.33. The van der Waals surface area contributed by atoms with E-state index in [1.807, 2.05) is 0 Å². The zero-order valence-electron chi connectivity index (χ0n) is 9.53. The summed E-state index contributed by atoms with van der Waals surface area (Å²) in [4.78, 5) is 24.3. The number of rotatable bonds is 4. The molecule has 0 saturated heterocycles. The van der Waals surface area contributed by atoms with E-state index >= 15 is 0 Å². The summed E-state index contributed by atoms with van der Waals surface area (Å²) in [6.07, 6.45) is 0. The minimum atomic E-state index is -1.55. The lowest BCUT2D eigenvalue weighted by molar-refractivity contribution is -0.145. The number of benzene rings is 1. The third-order valence-electron chi connectivity index (χ3n) is 2.25. The van der Waals surface area contributed by atoms with Crippen LogP contribution in [0.4, 0.5) is 5.69 Å². The predicted molar refractivity (Wildman–Crippen MR) is 61.4 cm³/mol. The van der Waals surface area contributed by atoms with Gasteiger partial charge in [0, 0.05) is 12.7 Å². The van der Waals surface area contributed by atoms with Crippen LogP contribution >= 0.6 is 0 Å². The average molecular weight is 234 g/mol. The van der Waals surface area contributed by atoms with Crippen molar-refractivity contribution in [2.24, 2.45) is 5.11 Å². The van der Waals surface area contributed by atoms with Crippen LogP contribution < -0.4 is 4.90 Å². The molecule has 0 N–H and O–H groups in total. The van der Waals surface area contributed by atoms with E-state index in [1.54, 1.807) is 30.3 Å². The van der Waals surface area contributed by atoms with Gasteiger partial charge in [0.25, 0.3) is 5.91 Å². The third kappa shape index (κ3) is 2.87. The zero-order valence-corrected chi connectivity index (χ0v) is 9.53.